The van der Waals surface area contributed by atoms with Gasteiger partial charge in [-0.15, -0.1) is 0 Å². The largest absolute Gasteiger partial charge is 0.394 e. The van der Waals surface area contributed by atoms with Crippen LogP contribution >= 0.6 is 0 Å². The minimum Gasteiger partial charge on any atom is -0.394 e. The molecule has 10 N–H and O–H groups in total. The molecule has 17 nitrogen and oxygen atoms in total. The summed E-state index contributed by atoms with van der Waals surface area (Å²) in [5.74, 6) is -1.25. The van der Waals surface area contributed by atoms with E-state index in [4.69, 9.17) is 23.7 Å². The van der Waals surface area contributed by atoms with Crippen molar-refractivity contribution >= 4 is 11.8 Å². The maximum absolute atomic E-state index is 11.8. The van der Waals surface area contributed by atoms with E-state index in [0.29, 0.717) is 0 Å². The predicted octanol–water partition coefficient (Wildman–Crippen LogP) is -6.26. The standard InChI is InChI=1S/C22H38N2O15/c1-6-13(28)17(32)18(33)22(36-6)35-5-10-19(16(31)11(20(34)37-10)23-7(2)26)39-21-12(24-8(3)27)15(30)14(29)9(4-25)38-21/h6,9-22,25,28-34H,4-5H2,1-3H3,(H,23,26)(H,24,27)/t6-,9-,10-,11+,12+,13+,14+,15-,16-,17+,18+,19+,20-,21+,22-/m1/s1. The molecule has 3 saturated heterocycles. The summed E-state index contributed by atoms with van der Waals surface area (Å²) in [6.45, 7) is 2.42. The van der Waals surface area contributed by atoms with E-state index in [1.165, 1.54) is 6.92 Å². The minimum atomic E-state index is -1.77. The number of carbonyl (C=O) groups excluding carboxylic acids is 2. The van der Waals surface area contributed by atoms with Gasteiger partial charge in [-0.3, -0.25) is 9.59 Å². The van der Waals surface area contributed by atoms with Gasteiger partial charge in [-0.1, -0.05) is 0 Å². The highest BCUT2D eigenvalue weighted by molar-refractivity contribution is 5.73. The van der Waals surface area contributed by atoms with E-state index in [2.05, 4.69) is 10.6 Å². The van der Waals surface area contributed by atoms with Crippen molar-refractivity contribution in [3.63, 3.8) is 0 Å². The molecular weight excluding hydrogens is 532 g/mol. The van der Waals surface area contributed by atoms with E-state index in [-0.39, 0.29) is 0 Å². The van der Waals surface area contributed by atoms with E-state index in [9.17, 15) is 50.4 Å². The van der Waals surface area contributed by atoms with Crippen LogP contribution in [0.2, 0.25) is 0 Å². The molecule has 0 spiro atoms. The Kier molecular flexibility index (Phi) is 11.0. The van der Waals surface area contributed by atoms with Gasteiger partial charge in [0, 0.05) is 13.8 Å². The zero-order valence-corrected chi connectivity index (χ0v) is 21.5. The number of aliphatic hydroxyl groups is 8. The first-order valence-corrected chi connectivity index (χ1v) is 12.4. The molecule has 3 aliphatic heterocycles. The van der Waals surface area contributed by atoms with Gasteiger partial charge in [0.05, 0.1) is 19.3 Å². The Morgan fingerprint density at radius 3 is 1.92 bits per heavy atom. The van der Waals surface area contributed by atoms with Crippen molar-refractivity contribution < 1.29 is 74.1 Å². The number of carbonyl (C=O) groups is 2. The third-order valence-corrected chi connectivity index (χ3v) is 6.84. The Balaban J connectivity index is 1.84. The highest BCUT2D eigenvalue weighted by Crippen LogP contribution is 2.30. The quantitative estimate of drug-likeness (QED) is 0.130. The normalized spacial score (nSPS) is 46.9. The number of amides is 2. The molecule has 3 heterocycles. The molecule has 2 amide bonds. The van der Waals surface area contributed by atoms with Gasteiger partial charge in [-0.25, -0.2) is 0 Å². The van der Waals surface area contributed by atoms with Crippen molar-refractivity contribution in [3.8, 4) is 0 Å². The zero-order chi connectivity index (χ0) is 29.2. The van der Waals surface area contributed by atoms with Gasteiger partial charge in [-0.05, 0) is 6.92 Å². The van der Waals surface area contributed by atoms with Gasteiger partial charge in [0.15, 0.2) is 18.9 Å². The van der Waals surface area contributed by atoms with Gasteiger partial charge in [0.25, 0.3) is 0 Å². The van der Waals surface area contributed by atoms with Crippen molar-refractivity contribution in [1.29, 1.82) is 0 Å². The Morgan fingerprint density at radius 1 is 0.718 bits per heavy atom. The molecule has 0 saturated carbocycles. The van der Waals surface area contributed by atoms with Crippen LogP contribution in [0.15, 0.2) is 0 Å². The molecule has 0 radical (unpaired) electrons. The summed E-state index contributed by atoms with van der Waals surface area (Å²) in [6.07, 6.45) is -19.6. The summed E-state index contributed by atoms with van der Waals surface area (Å²) in [7, 11) is 0. The second-order valence-electron chi connectivity index (χ2n) is 9.83. The lowest BCUT2D eigenvalue weighted by Gasteiger charge is -2.48. The number of ether oxygens (including phenoxy) is 5. The monoisotopic (exact) mass is 570 g/mol. The first-order valence-electron chi connectivity index (χ1n) is 12.4. The van der Waals surface area contributed by atoms with Crippen molar-refractivity contribution in [2.75, 3.05) is 13.2 Å². The lowest BCUT2D eigenvalue weighted by Crippen LogP contribution is -2.69. The van der Waals surface area contributed by atoms with Crippen LogP contribution in [-0.4, -0.2) is 158 Å². The molecule has 3 fully saturated rings. The molecule has 0 unspecified atom stereocenters. The minimum absolute atomic E-state index is 0.547. The lowest BCUT2D eigenvalue weighted by molar-refractivity contribution is -0.340. The van der Waals surface area contributed by atoms with Crippen LogP contribution in [0.5, 0.6) is 0 Å². The van der Waals surface area contributed by atoms with Crippen LogP contribution in [-0.2, 0) is 33.3 Å². The first kappa shape index (κ1) is 31.9. The summed E-state index contributed by atoms with van der Waals surface area (Å²) in [5.41, 5.74) is 0. The molecule has 0 aliphatic carbocycles. The third-order valence-electron chi connectivity index (χ3n) is 6.84. The maximum atomic E-state index is 11.8. The SMILES string of the molecule is CC(=O)N[C@@H]1[C@H](O[C@@H]2[C@H](O)[C@H](NC(C)=O)[C@H](O)O[C@@H]2CO[C@@H]2O[C@H](C)[C@H](O)[C@H](O)[C@@H]2O)O[C@H](CO)[C@H](O)[C@@H]1O. The Labute approximate surface area is 223 Å². The van der Waals surface area contributed by atoms with E-state index < -0.39 is 117 Å². The average molecular weight is 571 g/mol. The number of nitrogens with one attached hydrogen (secondary N) is 2. The van der Waals surface area contributed by atoms with Crippen LogP contribution < -0.4 is 10.6 Å². The van der Waals surface area contributed by atoms with Crippen molar-refractivity contribution in [3.05, 3.63) is 0 Å². The first-order chi connectivity index (χ1) is 18.3. The van der Waals surface area contributed by atoms with Crippen LogP contribution in [0.1, 0.15) is 20.8 Å². The second kappa shape index (κ2) is 13.4. The van der Waals surface area contributed by atoms with Gasteiger partial charge in [0.2, 0.25) is 11.8 Å². The Morgan fingerprint density at radius 2 is 1.33 bits per heavy atom. The van der Waals surface area contributed by atoms with Crippen LogP contribution in [0.25, 0.3) is 0 Å². The molecule has 3 aliphatic rings. The summed E-state index contributed by atoms with van der Waals surface area (Å²) in [5, 5.41) is 86.8. The topological polar surface area (TPSA) is 266 Å². The van der Waals surface area contributed by atoms with Crippen LogP contribution in [0.3, 0.4) is 0 Å². The average Bonchev–Trinajstić information content (AvgIpc) is 2.87. The van der Waals surface area contributed by atoms with Crippen molar-refractivity contribution in [2.24, 2.45) is 0 Å². The maximum Gasteiger partial charge on any atom is 0.217 e. The van der Waals surface area contributed by atoms with E-state index >= 15 is 0 Å². The molecule has 17 heteroatoms. The van der Waals surface area contributed by atoms with E-state index in [0.717, 1.165) is 13.8 Å². The number of hydrogen-bond acceptors (Lipinski definition) is 15. The van der Waals surface area contributed by atoms with E-state index in [1.54, 1.807) is 0 Å². The van der Waals surface area contributed by atoms with Crippen LogP contribution in [0, 0.1) is 0 Å². The lowest BCUT2D eigenvalue weighted by atomic mass is 9.94. The van der Waals surface area contributed by atoms with E-state index in [1.807, 2.05) is 0 Å². The highest BCUT2D eigenvalue weighted by Gasteiger charge is 2.52. The smallest absolute Gasteiger partial charge is 0.217 e. The summed E-state index contributed by atoms with van der Waals surface area (Å²) in [4.78, 5) is 23.4. The fourth-order valence-corrected chi connectivity index (χ4v) is 4.71. The molecule has 0 bridgehead atoms. The summed E-state index contributed by atoms with van der Waals surface area (Å²) in [6, 6.07) is -2.80. The second-order valence-corrected chi connectivity index (χ2v) is 9.83. The van der Waals surface area contributed by atoms with Crippen LogP contribution in [0.4, 0.5) is 0 Å². The van der Waals surface area contributed by atoms with Gasteiger partial charge in [-0.2, -0.15) is 0 Å². The fourth-order valence-electron chi connectivity index (χ4n) is 4.71. The summed E-state index contributed by atoms with van der Waals surface area (Å²) >= 11 is 0. The number of aliphatic hydroxyl groups excluding tert-OH is 8. The molecular formula is C22H38N2O15. The zero-order valence-electron chi connectivity index (χ0n) is 21.5. The van der Waals surface area contributed by atoms with Gasteiger partial charge in [0.1, 0.15) is 67.0 Å². The fraction of sp³-hybridized carbons (Fsp3) is 0.909. The molecule has 15 atom stereocenters. The molecule has 0 aromatic carbocycles. The van der Waals surface area contributed by atoms with Crippen molar-refractivity contribution in [2.45, 2.75) is 113 Å². The predicted molar refractivity (Wildman–Crippen MR) is 123 cm³/mol. The summed E-state index contributed by atoms with van der Waals surface area (Å²) < 4.78 is 27.9. The van der Waals surface area contributed by atoms with Gasteiger partial charge >= 0.3 is 0 Å². The molecule has 0 aromatic heterocycles. The van der Waals surface area contributed by atoms with Crippen molar-refractivity contribution in [1.82, 2.24) is 10.6 Å². The molecule has 226 valence electrons. The van der Waals surface area contributed by atoms with Gasteiger partial charge < -0.3 is 75.2 Å². The molecule has 3 rings (SSSR count). The highest BCUT2D eigenvalue weighted by atomic mass is 16.7. The Hall–Kier alpha value is -1.58. The number of hydrogen-bond donors (Lipinski definition) is 10. The number of rotatable bonds is 8. The Bertz CT molecular complexity index is 837. The third kappa shape index (κ3) is 7.20. The molecule has 0 aromatic rings. The molecule has 39 heavy (non-hydrogen) atoms.